The molecule has 0 saturated carbocycles. The molecule has 2 aromatic carbocycles. The topological polar surface area (TPSA) is 23.6 Å². The van der Waals surface area contributed by atoms with Crippen molar-refractivity contribution in [1.82, 2.24) is 4.90 Å². The Kier molecular flexibility index (Phi) is 5.24. The first-order valence-corrected chi connectivity index (χ1v) is 9.16. The van der Waals surface area contributed by atoms with Crippen molar-refractivity contribution in [2.75, 3.05) is 31.1 Å². The van der Waals surface area contributed by atoms with Crippen LogP contribution >= 0.6 is 15.9 Å². The number of carbonyl (C=O) groups excluding carboxylic acids is 1. The van der Waals surface area contributed by atoms with Gasteiger partial charge in [0.05, 0.1) is 6.42 Å². The lowest BCUT2D eigenvalue weighted by molar-refractivity contribution is -0.130. The first-order valence-electron chi connectivity index (χ1n) is 8.37. The number of piperazine rings is 1. The molecule has 1 saturated heterocycles. The number of benzene rings is 2. The van der Waals surface area contributed by atoms with E-state index in [2.05, 4.69) is 52.9 Å². The summed E-state index contributed by atoms with van der Waals surface area (Å²) < 4.78 is 1.02. The highest BCUT2D eigenvalue weighted by Crippen LogP contribution is 2.22. The van der Waals surface area contributed by atoms with Gasteiger partial charge >= 0.3 is 0 Å². The lowest BCUT2D eigenvalue weighted by Gasteiger charge is -2.37. The van der Waals surface area contributed by atoms with Crippen LogP contribution in [0.4, 0.5) is 5.69 Å². The molecule has 3 nitrogen and oxygen atoms in total. The van der Waals surface area contributed by atoms with Crippen molar-refractivity contribution in [3.05, 3.63) is 63.6 Å². The predicted octanol–water partition coefficient (Wildman–Crippen LogP) is 3.96. The molecule has 1 fully saturated rings. The van der Waals surface area contributed by atoms with E-state index in [0.717, 1.165) is 36.2 Å². The van der Waals surface area contributed by atoms with E-state index in [1.165, 1.54) is 16.8 Å². The third-order valence-corrected chi connectivity index (χ3v) is 5.06. The lowest BCUT2D eigenvalue weighted by Crippen LogP contribution is -2.49. The maximum Gasteiger partial charge on any atom is 0.227 e. The molecule has 0 N–H and O–H groups in total. The molecule has 0 aliphatic carbocycles. The van der Waals surface area contributed by atoms with Crippen molar-refractivity contribution in [3.63, 3.8) is 0 Å². The highest BCUT2D eigenvalue weighted by Gasteiger charge is 2.22. The summed E-state index contributed by atoms with van der Waals surface area (Å²) in [4.78, 5) is 16.9. The van der Waals surface area contributed by atoms with Crippen LogP contribution in [0.5, 0.6) is 0 Å². The first-order chi connectivity index (χ1) is 11.5. The van der Waals surface area contributed by atoms with Gasteiger partial charge in [-0.15, -0.1) is 0 Å². The zero-order valence-electron chi connectivity index (χ0n) is 14.3. The van der Waals surface area contributed by atoms with Gasteiger partial charge < -0.3 is 9.80 Å². The van der Waals surface area contributed by atoms with Crippen LogP contribution in [0.2, 0.25) is 0 Å². The van der Waals surface area contributed by atoms with E-state index in [0.29, 0.717) is 6.42 Å². The normalized spacial score (nSPS) is 14.8. The van der Waals surface area contributed by atoms with E-state index < -0.39 is 0 Å². The molecule has 0 aromatic heterocycles. The second-order valence-electron chi connectivity index (χ2n) is 6.46. The van der Waals surface area contributed by atoms with Crippen LogP contribution in [0.1, 0.15) is 16.7 Å². The van der Waals surface area contributed by atoms with Gasteiger partial charge in [-0.05, 0) is 43.2 Å². The summed E-state index contributed by atoms with van der Waals surface area (Å²) in [5.41, 5.74) is 4.95. The largest absolute Gasteiger partial charge is 0.368 e. The van der Waals surface area contributed by atoms with E-state index in [1.54, 1.807) is 0 Å². The van der Waals surface area contributed by atoms with E-state index in [9.17, 15) is 4.79 Å². The zero-order valence-corrected chi connectivity index (χ0v) is 15.8. The Morgan fingerprint density at radius 1 is 1.04 bits per heavy atom. The van der Waals surface area contributed by atoms with Crippen molar-refractivity contribution in [2.45, 2.75) is 20.3 Å². The van der Waals surface area contributed by atoms with Crippen LogP contribution in [-0.2, 0) is 11.2 Å². The molecule has 1 aliphatic heterocycles. The van der Waals surface area contributed by atoms with E-state index >= 15 is 0 Å². The van der Waals surface area contributed by atoms with Crippen molar-refractivity contribution in [3.8, 4) is 0 Å². The van der Waals surface area contributed by atoms with Gasteiger partial charge in [0.25, 0.3) is 0 Å². The lowest BCUT2D eigenvalue weighted by atomic mass is 10.1. The van der Waals surface area contributed by atoms with Gasteiger partial charge in [0.2, 0.25) is 5.91 Å². The monoisotopic (exact) mass is 386 g/mol. The SMILES string of the molecule is Cc1ccc(N2CCN(C(=O)Cc3cccc(Br)c3)CC2)c(C)c1. The van der Waals surface area contributed by atoms with Crippen LogP contribution in [0.3, 0.4) is 0 Å². The smallest absolute Gasteiger partial charge is 0.227 e. The zero-order chi connectivity index (χ0) is 17.1. The number of rotatable bonds is 3. The van der Waals surface area contributed by atoms with Crippen molar-refractivity contribution in [2.24, 2.45) is 0 Å². The number of anilines is 1. The minimum absolute atomic E-state index is 0.216. The molecule has 0 bridgehead atoms. The van der Waals surface area contributed by atoms with Gasteiger partial charge in [0, 0.05) is 36.3 Å². The van der Waals surface area contributed by atoms with Crippen LogP contribution in [0.15, 0.2) is 46.9 Å². The van der Waals surface area contributed by atoms with Crippen LogP contribution in [-0.4, -0.2) is 37.0 Å². The number of hydrogen-bond acceptors (Lipinski definition) is 2. The minimum Gasteiger partial charge on any atom is -0.368 e. The summed E-state index contributed by atoms with van der Waals surface area (Å²) in [6.07, 6.45) is 0.475. The predicted molar refractivity (Wildman–Crippen MR) is 103 cm³/mol. The summed E-state index contributed by atoms with van der Waals surface area (Å²) >= 11 is 3.46. The molecule has 3 rings (SSSR count). The fourth-order valence-electron chi connectivity index (χ4n) is 3.29. The Balaban J connectivity index is 1.59. The molecule has 4 heteroatoms. The highest BCUT2D eigenvalue weighted by molar-refractivity contribution is 9.10. The van der Waals surface area contributed by atoms with E-state index in [-0.39, 0.29) is 5.91 Å². The van der Waals surface area contributed by atoms with Gasteiger partial charge in [-0.2, -0.15) is 0 Å². The Morgan fingerprint density at radius 2 is 1.79 bits per heavy atom. The molecular weight excluding hydrogens is 364 g/mol. The number of nitrogens with zero attached hydrogens (tertiary/aromatic N) is 2. The number of carbonyl (C=O) groups is 1. The fourth-order valence-corrected chi connectivity index (χ4v) is 3.74. The Hall–Kier alpha value is -1.81. The minimum atomic E-state index is 0.216. The highest BCUT2D eigenvalue weighted by atomic mass is 79.9. The second-order valence-corrected chi connectivity index (χ2v) is 7.38. The molecule has 1 amide bonds. The third-order valence-electron chi connectivity index (χ3n) is 4.57. The van der Waals surface area contributed by atoms with Crippen molar-refractivity contribution < 1.29 is 4.79 Å². The number of halogens is 1. The number of aryl methyl sites for hydroxylation is 2. The molecule has 126 valence electrons. The maximum absolute atomic E-state index is 12.5. The molecule has 0 atom stereocenters. The van der Waals surface area contributed by atoms with Gasteiger partial charge in [-0.3, -0.25) is 4.79 Å². The Bertz CT molecular complexity index is 736. The first kappa shape index (κ1) is 17.0. The van der Waals surface area contributed by atoms with Gasteiger partial charge in [-0.25, -0.2) is 0 Å². The van der Waals surface area contributed by atoms with Crippen LogP contribution in [0, 0.1) is 13.8 Å². The number of hydrogen-bond donors (Lipinski definition) is 0. The molecule has 0 radical (unpaired) electrons. The molecule has 0 spiro atoms. The third kappa shape index (κ3) is 3.99. The Morgan fingerprint density at radius 3 is 2.46 bits per heavy atom. The van der Waals surface area contributed by atoms with Crippen LogP contribution < -0.4 is 4.90 Å². The Labute approximate surface area is 152 Å². The molecule has 0 unspecified atom stereocenters. The fraction of sp³-hybridized carbons (Fsp3) is 0.350. The summed E-state index contributed by atoms with van der Waals surface area (Å²) in [6.45, 7) is 7.66. The summed E-state index contributed by atoms with van der Waals surface area (Å²) in [7, 11) is 0. The molecule has 24 heavy (non-hydrogen) atoms. The summed E-state index contributed by atoms with van der Waals surface area (Å²) in [6, 6.07) is 14.6. The quantitative estimate of drug-likeness (QED) is 0.796. The summed E-state index contributed by atoms with van der Waals surface area (Å²) in [5.74, 6) is 0.216. The van der Waals surface area contributed by atoms with Gasteiger partial charge in [0.1, 0.15) is 0 Å². The van der Waals surface area contributed by atoms with Crippen molar-refractivity contribution >= 4 is 27.5 Å². The molecule has 2 aromatic rings. The molecular formula is C20H23BrN2O. The molecule has 1 heterocycles. The van der Waals surface area contributed by atoms with Gasteiger partial charge in [-0.1, -0.05) is 45.8 Å². The van der Waals surface area contributed by atoms with Crippen molar-refractivity contribution in [1.29, 1.82) is 0 Å². The standard InChI is InChI=1S/C20H23BrN2O/c1-15-6-7-19(16(2)12-15)22-8-10-23(11-9-22)20(24)14-17-4-3-5-18(21)13-17/h3-7,12-13H,8-11,14H2,1-2H3. The average molecular weight is 387 g/mol. The van der Waals surface area contributed by atoms with E-state index in [4.69, 9.17) is 0 Å². The average Bonchev–Trinajstić information content (AvgIpc) is 2.55. The van der Waals surface area contributed by atoms with Gasteiger partial charge in [0.15, 0.2) is 0 Å². The number of amides is 1. The van der Waals surface area contributed by atoms with Crippen LogP contribution in [0.25, 0.3) is 0 Å². The summed E-state index contributed by atoms with van der Waals surface area (Å²) in [5, 5.41) is 0. The second kappa shape index (κ2) is 7.39. The molecule has 1 aliphatic rings. The van der Waals surface area contributed by atoms with E-state index in [1.807, 2.05) is 29.2 Å². The maximum atomic E-state index is 12.5.